The first-order valence-electron chi connectivity index (χ1n) is 6.53. The fraction of sp³-hybridized carbons (Fsp3) is 0.615. The van der Waals surface area contributed by atoms with Crippen LogP contribution in [0, 0.1) is 6.92 Å². The van der Waals surface area contributed by atoms with Crippen LogP contribution in [-0.4, -0.2) is 47.5 Å². The molecule has 0 aromatic carbocycles. The maximum absolute atomic E-state index is 11.7. The number of carbonyl (C=O) groups is 1. The van der Waals surface area contributed by atoms with E-state index in [0.717, 1.165) is 12.1 Å². The summed E-state index contributed by atoms with van der Waals surface area (Å²) in [6, 6.07) is 1.78. The molecule has 19 heavy (non-hydrogen) atoms. The van der Waals surface area contributed by atoms with Crippen molar-refractivity contribution in [1.29, 1.82) is 0 Å². The lowest BCUT2D eigenvalue weighted by molar-refractivity contribution is -0.127. The van der Waals surface area contributed by atoms with Crippen LogP contribution in [0.3, 0.4) is 0 Å². The number of amides is 1. The lowest BCUT2D eigenvalue weighted by atomic mass is 10.4. The molecule has 0 bridgehead atoms. The van der Waals surface area contributed by atoms with Gasteiger partial charge in [-0.25, -0.2) is 4.98 Å². The van der Waals surface area contributed by atoms with Gasteiger partial charge in [0.05, 0.1) is 13.2 Å². The van der Waals surface area contributed by atoms with Crippen LogP contribution in [0.2, 0.25) is 0 Å². The van der Waals surface area contributed by atoms with Gasteiger partial charge in [-0.2, -0.15) is 4.98 Å². The molecular weight excluding hydrogens is 244 g/mol. The van der Waals surface area contributed by atoms with Gasteiger partial charge in [0.1, 0.15) is 0 Å². The van der Waals surface area contributed by atoms with Crippen LogP contribution in [0.1, 0.15) is 26.0 Å². The van der Waals surface area contributed by atoms with Crippen molar-refractivity contribution >= 4 is 11.9 Å². The minimum atomic E-state index is 0.00336. The Morgan fingerprint density at radius 1 is 1.42 bits per heavy atom. The van der Waals surface area contributed by atoms with Crippen LogP contribution >= 0.6 is 0 Å². The van der Waals surface area contributed by atoms with Crippen molar-refractivity contribution in [3.05, 3.63) is 11.8 Å². The van der Waals surface area contributed by atoms with Crippen molar-refractivity contribution in [3.8, 4) is 5.88 Å². The zero-order valence-electron chi connectivity index (χ0n) is 12.1. The maximum atomic E-state index is 11.7. The second kappa shape index (κ2) is 7.56. The molecule has 0 fully saturated rings. The summed E-state index contributed by atoms with van der Waals surface area (Å²) in [5.74, 6) is 0.959. The molecule has 1 aromatic rings. The van der Waals surface area contributed by atoms with E-state index in [4.69, 9.17) is 4.74 Å². The van der Waals surface area contributed by atoms with E-state index in [1.807, 2.05) is 20.8 Å². The third kappa shape index (κ3) is 5.11. The molecule has 0 aliphatic heterocycles. The molecule has 1 amide bonds. The Balaban J connectivity index is 2.62. The Kier molecular flexibility index (Phi) is 6.05. The molecule has 1 rings (SSSR count). The molecule has 0 radical (unpaired) electrons. The highest BCUT2D eigenvalue weighted by atomic mass is 16.5. The predicted molar refractivity (Wildman–Crippen MR) is 74.4 cm³/mol. The zero-order chi connectivity index (χ0) is 14.3. The van der Waals surface area contributed by atoms with Crippen LogP contribution in [0.5, 0.6) is 5.88 Å². The lowest BCUT2D eigenvalue weighted by Gasteiger charge is -2.15. The summed E-state index contributed by atoms with van der Waals surface area (Å²) in [5.41, 5.74) is 0.805. The first-order valence-corrected chi connectivity index (χ1v) is 6.53. The molecule has 0 saturated heterocycles. The van der Waals surface area contributed by atoms with Crippen molar-refractivity contribution < 1.29 is 9.53 Å². The van der Waals surface area contributed by atoms with Gasteiger partial charge in [0, 0.05) is 25.4 Å². The second-order valence-corrected chi connectivity index (χ2v) is 4.28. The molecule has 0 spiro atoms. The van der Waals surface area contributed by atoms with Crippen LogP contribution in [0.4, 0.5) is 5.95 Å². The maximum Gasteiger partial charge on any atom is 0.241 e. The summed E-state index contributed by atoms with van der Waals surface area (Å²) in [5, 5.41) is 2.92. The number of rotatable bonds is 7. The van der Waals surface area contributed by atoms with Crippen LogP contribution in [0.25, 0.3) is 0 Å². The van der Waals surface area contributed by atoms with E-state index in [2.05, 4.69) is 15.3 Å². The second-order valence-electron chi connectivity index (χ2n) is 4.28. The molecule has 6 nitrogen and oxygen atoms in total. The molecule has 106 valence electrons. The summed E-state index contributed by atoms with van der Waals surface area (Å²) in [4.78, 5) is 21.7. The molecule has 1 aromatic heterocycles. The average molecular weight is 266 g/mol. The number of aryl methyl sites for hydroxylation is 1. The predicted octanol–water partition coefficient (Wildman–Crippen LogP) is 1.46. The Morgan fingerprint density at radius 2 is 2.16 bits per heavy atom. The Bertz CT molecular complexity index is 423. The van der Waals surface area contributed by atoms with Gasteiger partial charge in [0.15, 0.2) is 0 Å². The van der Waals surface area contributed by atoms with Gasteiger partial charge in [-0.3, -0.25) is 4.79 Å². The van der Waals surface area contributed by atoms with Gasteiger partial charge in [-0.1, -0.05) is 6.92 Å². The van der Waals surface area contributed by atoms with Crippen molar-refractivity contribution in [3.63, 3.8) is 0 Å². The Hall–Kier alpha value is -1.85. The first kappa shape index (κ1) is 15.2. The van der Waals surface area contributed by atoms with E-state index < -0.39 is 0 Å². The molecular formula is C13H22N4O2. The number of nitrogens with zero attached hydrogens (tertiary/aromatic N) is 3. The van der Waals surface area contributed by atoms with Crippen molar-refractivity contribution in [2.45, 2.75) is 27.2 Å². The minimum absolute atomic E-state index is 0.00336. The summed E-state index contributed by atoms with van der Waals surface area (Å²) in [6.07, 6.45) is 0.922. The zero-order valence-corrected chi connectivity index (χ0v) is 12.1. The van der Waals surface area contributed by atoms with Gasteiger partial charge >= 0.3 is 0 Å². The monoisotopic (exact) mass is 266 g/mol. The number of aromatic nitrogens is 2. The van der Waals surface area contributed by atoms with E-state index in [9.17, 15) is 4.79 Å². The van der Waals surface area contributed by atoms with Crippen LogP contribution < -0.4 is 10.1 Å². The summed E-state index contributed by atoms with van der Waals surface area (Å²) in [7, 11) is 1.76. The van der Waals surface area contributed by atoms with Gasteiger partial charge in [0.25, 0.3) is 0 Å². The molecule has 0 saturated carbocycles. The Morgan fingerprint density at radius 3 is 2.79 bits per heavy atom. The third-order valence-electron chi connectivity index (χ3n) is 2.58. The fourth-order valence-electron chi connectivity index (χ4n) is 1.37. The number of hydrogen-bond acceptors (Lipinski definition) is 5. The molecule has 1 N–H and O–H groups in total. The van der Waals surface area contributed by atoms with Gasteiger partial charge in [-0.05, 0) is 20.3 Å². The quantitative estimate of drug-likeness (QED) is 0.809. The third-order valence-corrected chi connectivity index (χ3v) is 2.58. The van der Waals surface area contributed by atoms with Gasteiger partial charge < -0.3 is 15.0 Å². The highest BCUT2D eigenvalue weighted by Gasteiger charge is 2.08. The largest absolute Gasteiger partial charge is 0.478 e. The number of ether oxygens (including phenoxy) is 1. The minimum Gasteiger partial charge on any atom is -0.478 e. The van der Waals surface area contributed by atoms with Crippen molar-refractivity contribution in [2.75, 3.05) is 32.1 Å². The summed E-state index contributed by atoms with van der Waals surface area (Å²) >= 11 is 0. The molecule has 6 heteroatoms. The van der Waals surface area contributed by atoms with E-state index in [1.54, 1.807) is 18.0 Å². The van der Waals surface area contributed by atoms with E-state index in [0.29, 0.717) is 25.0 Å². The summed E-state index contributed by atoms with van der Waals surface area (Å²) in [6.45, 7) is 7.31. The molecule has 0 aliphatic rings. The molecule has 0 aliphatic carbocycles. The number of hydrogen-bond donors (Lipinski definition) is 1. The van der Waals surface area contributed by atoms with E-state index >= 15 is 0 Å². The van der Waals surface area contributed by atoms with Crippen molar-refractivity contribution in [1.82, 2.24) is 14.9 Å². The SMILES string of the molecule is CCCOc1cc(C)nc(NCC(=O)N(C)CC)n1. The lowest BCUT2D eigenvalue weighted by Crippen LogP contribution is -2.32. The number of anilines is 1. The molecule has 0 unspecified atom stereocenters. The molecule has 1 heterocycles. The van der Waals surface area contributed by atoms with E-state index in [1.165, 1.54) is 0 Å². The number of likely N-dealkylation sites (N-methyl/N-ethyl adjacent to an activating group) is 1. The highest BCUT2D eigenvalue weighted by Crippen LogP contribution is 2.12. The molecule has 0 atom stereocenters. The van der Waals surface area contributed by atoms with Crippen LogP contribution in [0.15, 0.2) is 6.07 Å². The standard InChI is InChI=1S/C13H22N4O2/c1-5-7-19-11-8-10(3)15-13(16-11)14-9-12(18)17(4)6-2/h8H,5-7,9H2,1-4H3,(H,14,15,16). The van der Waals surface area contributed by atoms with Crippen LogP contribution in [-0.2, 0) is 4.79 Å². The fourth-order valence-corrected chi connectivity index (χ4v) is 1.37. The topological polar surface area (TPSA) is 67.3 Å². The average Bonchev–Trinajstić information content (AvgIpc) is 2.41. The van der Waals surface area contributed by atoms with Gasteiger partial charge in [0.2, 0.25) is 17.7 Å². The van der Waals surface area contributed by atoms with Gasteiger partial charge in [-0.15, -0.1) is 0 Å². The normalized spacial score (nSPS) is 10.1. The number of carbonyl (C=O) groups excluding carboxylic acids is 1. The van der Waals surface area contributed by atoms with Crippen molar-refractivity contribution in [2.24, 2.45) is 0 Å². The summed E-state index contributed by atoms with van der Waals surface area (Å²) < 4.78 is 5.47. The smallest absolute Gasteiger partial charge is 0.241 e. The number of nitrogens with one attached hydrogen (secondary N) is 1. The first-order chi connectivity index (χ1) is 9.06. The van der Waals surface area contributed by atoms with E-state index in [-0.39, 0.29) is 12.5 Å². The Labute approximate surface area is 114 Å². The highest BCUT2D eigenvalue weighted by molar-refractivity contribution is 5.80.